The number of rotatable bonds is 4. The highest BCUT2D eigenvalue weighted by Crippen LogP contribution is 2.34. The number of hydrogen-bond acceptors (Lipinski definition) is 7. The van der Waals surface area contributed by atoms with Gasteiger partial charge in [0.1, 0.15) is 0 Å². The first-order valence-electron chi connectivity index (χ1n) is 5.76. The number of nitrogens with two attached hydrogens (primary N) is 1. The number of carbonyl (C=O) groups excluding carboxylic acids is 2. The summed E-state index contributed by atoms with van der Waals surface area (Å²) < 4.78 is 44.9. The molecule has 1 rings (SSSR count). The van der Waals surface area contributed by atoms with Crippen LogP contribution in [0, 0.1) is 0 Å². The van der Waals surface area contributed by atoms with Crippen LogP contribution in [0.3, 0.4) is 0 Å². The van der Waals surface area contributed by atoms with Gasteiger partial charge in [0.25, 0.3) is 5.88 Å². The van der Waals surface area contributed by atoms with E-state index in [0.717, 1.165) is 12.3 Å². The number of ether oxygens (including phenoxy) is 2. The average Bonchev–Trinajstić information content (AvgIpc) is 2.38. The van der Waals surface area contributed by atoms with E-state index in [-0.39, 0.29) is 0 Å². The molecule has 11 heteroatoms. The molecule has 0 spiro atoms. The number of hydrogen-bond donors (Lipinski definition) is 3. The lowest BCUT2D eigenvalue weighted by molar-refractivity contribution is -0.153. The zero-order valence-electron chi connectivity index (χ0n) is 11.2. The molecule has 0 bridgehead atoms. The summed E-state index contributed by atoms with van der Waals surface area (Å²) in [5.74, 6) is -3.09. The van der Waals surface area contributed by atoms with Crippen LogP contribution < -0.4 is 20.5 Å². The Morgan fingerprint density at radius 2 is 2.14 bits per heavy atom. The first-order chi connectivity index (χ1) is 10.1. The SMILES string of the molecule is C[C@H](N)C(=O)NC(=O)Oc1nccc(OCC(F)(F)F)c1O. The number of alkyl halides is 3. The number of amides is 2. The van der Waals surface area contributed by atoms with Crippen LogP contribution in [0.25, 0.3) is 0 Å². The van der Waals surface area contributed by atoms with Crippen molar-refractivity contribution < 1.29 is 37.3 Å². The highest BCUT2D eigenvalue weighted by atomic mass is 19.4. The average molecular weight is 323 g/mol. The monoisotopic (exact) mass is 323 g/mol. The fourth-order valence-corrected chi connectivity index (χ4v) is 1.10. The fourth-order valence-electron chi connectivity index (χ4n) is 1.10. The van der Waals surface area contributed by atoms with E-state index < -0.39 is 48.2 Å². The number of halogens is 3. The maximum absolute atomic E-state index is 12.0. The minimum atomic E-state index is -4.61. The minimum absolute atomic E-state index is 0.589. The van der Waals surface area contributed by atoms with Gasteiger partial charge in [-0.2, -0.15) is 13.2 Å². The van der Waals surface area contributed by atoms with Crippen molar-refractivity contribution >= 4 is 12.0 Å². The topological polar surface area (TPSA) is 124 Å². The maximum Gasteiger partial charge on any atom is 0.422 e. The Balaban J connectivity index is 2.76. The molecule has 1 aromatic rings. The number of aromatic hydroxyl groups is 1. The number of nitrogens with one attached hydrogen (secondary N) is 1. The molecule has 2 amide bonds. The highest BCUT2D eigenvalue weighted by Gasteiger charge is 2.29. The number of nitrogens with zero attached hydrogens (tertiary/aromatic N) is 1. The molecule has 8 nitrogen and oxygen atoms in total. The van der Waals surface area contributed by atoms with Gasteiger partial charge in [0.05, 0.1) is 6.04 Å². The van der Waals surface area contributed by atoms with Gasteiger partial charge >= 0.3 is 12.3 Å². The lowest BCUT2D eigenvalue weighted by atomic mass is 10.3. The first kappa shape index (κ1) is 17.5. The van der Waals surface area contributed by atoms with Crippen molar-refractivity contribution in [2.75, 3.05) is 6.61 Å². The van der Waals surface area contributed by atoms with Gasteiger partial charge < -0.3 is 20.3 Å². The molecule has 4 N–H and O–H groups in total. The third kappa shape index (κ3) is 5.44. The lowest BCUT2D eigenvalue weighted by Gasteiger charge is -2.12. The summed E-state index contributed by atoms with van der Waals surface area (Å²) in [5, 5.41) is 11.3. The van der Waals surface area contributed by atoms with Crippen molar-refractivity contribution in [2.24, 2.45) is 5.73 Å². The van der Waals surface area contributed by atoms with Crippen LogP contribution in [0.5, 0.6) is 17.4 Å². The molecular formula is C11H12F3N3O5. The molecule has 0 unspecified atom stereocenters. The predicted octanol–water partition coefficient (Wildman–Crippen LogP) is 0.690. The summed E-state index contributed by atoms with van der Waals surface area (Å²) in [5.41, 5.74) is 5.20. The minimum Gasteiger partial charge on any atom is -0.501 e. The zero-order chi connectivity index (χ0) is 16.9. The molecule has 1 atom stereocenters. The van der Waals surface area contributed by atoms with Gasteiger partial charge in [0.2, 0.25) is 11.7 Å². The molecule has 1 heterocycles. The summed E-state index contributed by atoms with van der Waals surface area (Å²) >= 11 is 0. The van der Waals surface area contributed by atoms with Crippen LogP contribution in [-0.2, 0) is 4.79 Å². The maximum atomic E-state index is 12.0. The highest BCUT2D eigenvalue weighted by molar-refractivity contribution is 5.95. The molecule has 0 saturated carbocycles. The van der Waals surface area contributed by atoms with Crippen LogP contribution in [0.15, 0.2) is 12.3 Å². The van der Waals surface area contributed by atoms with Crippen molar-refractivity contribution in [1.82, 2.24) is 10.3 Å². The van der Waals surface area contributed by atoms with Crippen molar-refractivity contribution in [3.05, 3.63) is 12.3 Å². The molecular weight excluding hydrogens is 311 g/mol. The second-order valence-corrected chi connectivity index (χ2v) is 4.03. The van der Waals surface area contributed by atoms with Crippen molar-refractivity contribution in [2.45, 2.75) is 19.1 Å². The van der Waals surface area contributed by atoms with Gasteiger partial charge in [-0.05, 0) is 6.92 Å². The lowest BCUT2D eigenvalue weighted by Crippen LogP contribution is -2.42. The quantitative estimate of drug-likeness (QED) is 0.744. The van der Waals surface area contributed by atoms with Crippen molar-refractivity contribution in [3.63, 3.8) is 0 Å². The van der Waals surface area contributed by atoms with E-state index >= 15 is 0 Å². The third-order valence-corrected chi connectivity index (χ3v) is 2.07. The largest absolute Gasteiger partial charge is 0.501 e. The number of aromatic nitrogens is 1. The summed E-state index contributed by atoms with van der Waals surface area (Å²) in [7, 11) is 0. The Kier molecular flexibility index (Phi) is 5.51. The van der Waals surface area contributed by atoms with Crippen LogP contribution in [0.1, 0.15) is 6.92 Å². The van der Waals surface area contributed by atoms with E-state index in [9.17, 15) is 27.9 Å². The molecule has 0 aliphatic heterocycles. The Hall–Kier alpha value is -2.56. The Morgan fingerprint density at radius 3 is 2.68 bits per heavy atom. The van der Waals surface area contributed by atoms with Crippen LogP contribution in [0.4, 0.5) is 18.0 Å². The Bertz CT molecular complexity index is 562. The summed E-state index contributed by atoms with van der Waals surface area (Å²) in [6, 6.07) is -0.0468. The smallest absolute Gasteiger partial charge is 0.422 e. The van der Waals surface area contributed by atoms with E-state index in [1.165, 1.54) is 6.92 Å². The molecule has 0 radical (unpaired) electrons. The zero-order valence-corrected chi connectivity index (χ0v) is 11.2. The second kappa shape index (κ2) is 6.93. The molecule has 22 heavy (non-hydrogen) atoms. The molecule has 122 valence electrons. The number of imide groups is 1. The number of pyridine rings is 1. The van der Waals surface area contributed by atoms with E-state index in [1.807, 2.05) is 0 Å². The summed E-state index contributed by atoms with van der Waals surface area (Å²) in [6.45, 7) is -0.344. The van der Waals surface area contributed by atoms with E-state index in [0.29, 0.717) is 0 Å². The van der Waals surface area contributed by atoms with Gasteiger partial charge in [-0.15, -0.1) is 0 Å². The van der Waals surface area contributed by atoms with Crippen LogP contribution in [-0.4, -0.2) is 40.9 Å². The molecule has 0 fully saturated rings. The van der Waals surface area contributed by atoms with Gasteiger partial charge in [0, 0.05) is 12.3 Å². The van der Waals surface area contributed by atoms with Gasteiger partial charge in [-0.25, -0.2) is 9.78 Å². The van der Waals surface area contributed by atoms with Gasteiger partial charge in [-0.3, -0.25) is 10.1 Å². The predicted molar refractivity (Wildman–Crippen MR) is 65.3 cm³/mol. The van der Waals surface area contributed by atoms with Crippen molar-refractivity contribution in [1.29, 1.82) is 0 Å². The number of carbonyl (C=O) groups is 2. The van der Waals surface area contributed by atoms with Crippen LogP contribution >= 0.6 is 0 Å². The van der Waals surface area contributed by atoms with Crippen LogP contribution in [0.2, 0.25) is 0 Å². The Labute approximate surface area is 122 Å². The van der Waals surface area contributed by atoms with E-state index in [1.54, 1.807) is 5.32 Å². The van der Waals surface area contributed by atoms with Gasteiger partial charge in [-0.1, -0.05) is 0 Å². The van der Waals surface area contributed by atoms with E-state index in [2.05, 4.69) is 14.5 Å². The molecule has 0 aliphatic rings. The molecule has 0 aromatic carbocycles. The third-order valence-electron chi connectivity index (χ3n) is 2.07. The van der Waals surface area contributed by atoms with Crippen molar-refractivity contribution in [3.8, 4) is 17.4 Å². The first-order valence-corrected chi connectivity index (χ1v) is 5.76. The molecule has 0 saturated heterocycles. The summed E-state index contributed by atoms with van der Waals surface area (Å²) in [6.07, 6.45) is -4.97. The standard InChI is InChI=1S/C11H12F3N3O5/c1-5(15)8(19)17-10(20)22-9-7(18)6(2-3-16-9)21-4-11(12,13)14/h2-3,5,18H,4,15H2,1H3,(H,17,19,20)/t5-/m0/s1. The van der Waals surface area contributed by atoms with Gasteiger partial charge in [0.15, 0.2) is 12.4 Å². The summed E-state index contributed by atoms with van der Waals surface area (Å²) in [4.78, 5) is 25.9. The fraction of sp³-hybridized carbons (Fsp3) is 0.364. The normalized spacial score (nSPS) is 12.4. The second-order valence-electron chi connectivity index (χ2n) is 4.03. The molecule has 0 aliphatic carbocycles. The van der Waals surface area contributed by atoms with E-state index in [4.69, 9.17) is 5.73 Å². The Morgan fingerprint density at radius 1 is 1.50 bits per heavy atom. The molecule has 1 aromatic heterocycles.